The van der Waals surface area contributed by atoms with E-state index in [9.17, 15) is 13.2 Å². The molecule has 0 saturated carbocycles. The van der Waals surface area contributed by atoms with Gasteiger partial charge in [-0.2, -0.15) is 13.2 Å². The van der Waals surface area contributed by atoms with Crippen molar-refractivity contribution in [2.45, 2.75) is 31.6 Å². The lowest BCUT2D eigenvalue weighted by molar-refractivity contribution is -0.141. The van der Waals surface area contributed by atoms with Crippen molar-refractivity contribution in [2.24, 2.45) is 0 Å². The molecule has 1 aromatic carbocycles. The second-order valence-corrected chi connectivity index (χ2v) is 7.43. The highest BCUT2D eigenvalue weighted by molar-refractivity contribution is 9.10. The van der Waals surface area contributed by atoms with E-state index in [0.717, 1.165) is 43.0 Å². The summed E-state index contributed by atoms with van der Waals surface area (Å²) in [6, 6.07) is 9.14. The first-order valence-electron chi connectivity index (χ1n) is 8.43. The molecule has 2 aromatic rings. The Labute approximate surface area is 159 Å². The maximum Gasteiger partial charge on any atom is 0.433 e. The second-order valence-electron chi connectivity index (χ2n) is 6.51. The number of piperidine rings is 1. The van der Waals surface area contributed by atoms with Crippen LogP contribution in [-0.2, 0) is 12.7 Å². The third kappa shape index (κ3) is 4.73. The van der Waals surface area contributed by atoms with E-state index in [1.165, 1.54) is 11.8 Å². The molecule has 1 aliphatic rings. The average molecular weight is 429 g/mol. The van der Waals surface area contributed by atoms with Crippen LogP contribution in [0.5, 0.6) is 0 Å². The highest BCUT2D eigenvalue weighted by Crippen LogP contribution is 2.29. The van der Waals surface area contributed by atoms with Crippen molar-refractivity contribution in [3.8, 4) is 0 Å². The molecule has 0 spiro atoms. The normalized spacial score (nSPS) is 18.7. The Morgan fingerprint density at radius 3 is 2.85 bits per heavy atom. The Bertz CT molecular complexity index is 753. The first-order chi connectivity index (χ1) is 12.3. The number of anilines is 1. The molecular weight excluding hydrogens is 409 g/mol. The van der Waals surface area contributed by atoms with Crippen molar-refractivity contribution in [2.75, 3.05) is 25.0 Å². The zero-order valence-corrected chi connectivity index (χ0v) is 16.0. The minimum absolute atomic E-state index is 0.0828. The zero-order valence-electron chi connectivity index (χ0n) is 14.4. The number of rotatable bonds is 4. The average Bonchev–Trinajstić information content (AvgIpc) is 2.61. The monoisotopic (exact) mass is 428 g/mol. The summed E-state index contributed by atoms with van der Waals surface area (Å²) in [5.41, 5.74) is 0.300. The summed E-state index contributed by atoms with van der Waals surface area (Å²) in [6.07, 6.45) is -1.39. The van der Waals surface area contributed by atoms with E-state index >= 15 is 0 Å². The van der Waals surface area contributed by atoms with Gasteiger partial charge in [0.15, 0.2) is 0 Å². The van der Waals surface area contributed by atoms with E-state index in [-0.39, 0.29) is 12.0 Å². The molecule has 140 valence electrons. The van der Waals surface area contributed by atoms with Crippen LogP contribution in [0.1, 0.15) is 24.1 Å². The van der Waals surface area contributed by atoms with Gasteiger partial charge in [-0.25, -0.2) is 9.97 Å². The standard InChI is InChI=1S/C18H20BrF3N4/c1-25(17-23-8-7-16(24-17)18(20,21)22)15-6-3-9-26(12-15)11-13-4-2-5-14(19)10-13/h2,4-5,7-8,10,15H,3,6,9,11-12H2,1H3. The summed E-state index contributed by atoms with van der Waals surface area (Å²) in [7, 11) is 1.77. The summed E-state index contributed by atoms with van der Waals surface area (Å²) >= 11 is 3.48. The number of hydrogen-bond donors (Lipinski definition) is 0. The lowest BCUT2D eigenvalue weighted by Gasteiger charge is -2.37. The third-order valence-corrected chi connectivity index (χ3v) is 5.07. The quantitative estimate of drug-likeness (QED) is 0.723. The van der Waals surface area contributed by atoms with Crippen LogP contribution in [0.4, 0.5) is 19.1 Å². The minimum atomic E-state index is -4.46. The molecule has 0 radical (unpaired) electrons. The summed E-state index contributed by atoms with van der Waals surface area (Å²) < 4.78 is 39.7. The fourth-order valence-electron chi connectivity index (χ4n) is 3.22. The Morgan fingerprint density at radius 1 is 1.31 bits per heavy atom. The fourth-order valence-corrected chi connectivity index (χ4v) is 3.67. The number of likely N-dealkylation sites (N-methyl/N-ethyl adjacent to an activating group) is 1. The molecule has 1 aromatic heterocycles. The van der Waals surface area contributed by atoms with Gasteiger partial charge >= 0.3 is 6.18 Å². The molecule has 8 heteroatoms. The number of aromatic nitrogens is 2. The summed E-state index contributed by atoms with van der Waals surface area (Å²) in [6.45, 7) is 2.55. The molecule has 1 unspecified atom stereocenters. The van der Waals surface area contributed by atoms with Crippen molar-refractivity contribution in [1.29, 1.82) is 0 Å². The number of hydrogen-bond acceptors (Lipinski definition) is 4. The summed E-state index contributed by atoms with van der Waals surface area (Å²) in [4.78, 5) is 11.8. The highest BCUT2D eigenvalue weighted by atomic mass is 79.9. The van der Waals surface area contributed by atoms with Crippen LogP contribution in [-0.4, -0.2) is 41.0 Å². The molecular formula is C18H20BrF3N4. The van der Waals surface area contributed by atoms with Crippen LogP contribution in [0.15, 0.2) is 41.0 Å². The van der Waals surface area contributed by atoms with Crippen LogP contribution < -0.4 is 4.90 Å². The molecule has 26 heavy (non-hydrogen) atoms. The van der Waals surface area contributed by atoms with Gasteiger partial charge in [-0.3, -0.25) is 4.90 Å². The Morgan fingerprint density at radius 2 is 2.12 bits per heavy atom. The first kappa shape index (κ1) is 19.1. The zero-order chi connectivity index (χ0) is 18.7. The number of nitrogens with zero attached hydrogens (tertiary/aromatic N) is 4. The number of benzene rings is 1. The fraction of sp³-hybridized carbons (Fsp3) is 0.444. The van der Waals surface area contributed by atoms with E-state index in [4.69, 9.17) is 0 Å². The van der Waals surface area contributed by atoms with Crippen molar-refractivity contribution in [1.82, 2.24) is 14.9 Å². The maximum atomic E-state index is 12.9. The van der Waals surface area contributed by atoms with Gasteiger partial charge in [-0.15, -0.1) is 0 Å². The summed E-state index contributed by atoms with van der Waals surface area (Å²) in [5, 5.41) is 0. The number of likely N-dealkylation sites (tertiary alicyclic amines) is 1. The van der Waals surface area contributed by atoms with E-state index in [1.54, 1.807) is 11.9 Å². The molecule has 1 aliphatic heterocycles. The van der Waals surface area contributed by atoms with Crippen molar-refractivity contribution in [3.63, 3.8) is 0 Å². The van der Waals surface area contributed by atoms with Crippen molar-refractivity contribution < 1.29 is 13.2 Å². The van der Waals surface area contributed by atoms with Crippen LogP contribution in [0.25, 0.3) is 0 Å². The van der Waals surface area contributed by atoms with Gasteiger partial charge < -0.3 is 4.90 Å². The maximum absolute atomic E-state index is 12.9. The molecule has 1 saturated heterocycles. The number of alkyl halides is 3. The Hall–Kier alpha value is -1.67. The van der Waals surface area contributed by atoms with Gasteiger partial charge in [-0.05, 0) is 43.1 Å². The number of halogens is 4. The second kappa shape index (κ2) is 7.92. The topological polar surface area (TPSA) is 32.3 Å². The molecule has 0 amide bonds. The molecule has 0 bridgehead atoms. The van der Waals surface area contributed by atoms with E-state index in [1.807, 2.05) is 12.1 Å². The Balaban J connectivity index is 1.69. The molecule has 4 nitrogen and oxygen atoms in total. The minimum Gasteiger partial charge on any atom is -0.340 e. The van der Waals surface area contributed by atoms with Crippen LogP contribution in [0.2, 0.25) is 0 Å². The van der Waals surface area contributed by atoms with Crippen molar-refractivity contribution in [3.05, 3.63) is 52.3 Å². The molecule has 1 atom stereocenters. The van der Waals surface area contributed by atoms with Gasteiger partial charge in [0.25, 0.3) is 0 Å². The van der Waals surface area contributed by atoms with Crippen LogP contribution in [0, 0.1) is 0 Å². The predicted molar refractivity (Wildman–Crippen MR) is 97.9 cm³/mol. The lowest BCUT2D eigenvalue weighted by atomic mass is 10.0. The molecule has 0 aliphatic carbocycles. The van der Waals surface area contributed by atoms with Gasteiger partial charge in [0.1, 0.15) is 5.69 Å². The van der Waals surface area contributed by atoms with Crippen LogP contribution >= 0.6 is 15.9 Å². The van der Waals surface area contributed by atoms with E-state index in [0.29, 0.717) is 0 Å². The SMILES string of the molecule is CN(c1nccc(C(F)(F)F)n1)C1CCCN(Cc2cccc(Br)c2)C1. The van der Waals surface area contributed by atoms with Gasteiger partial charge in [-0.1, -0.05) is 28.1 Å². The molecule has 1 fully saturated rings. The van der Waals surface area contributed by atoms with Gasteiger partial charge in [0.05, 0.1) is 0 Å². The molecule has 0 N–H and O–H groups in total. The molecule has 3 rings (SSSR count). The van der Waals surface area contributed by atoms with E-state index in [2.05, 4.69) is 42.9 Å². The smallest absolute Gasteiger partial charge is 0.340 e. The lowest BCUT2D eigenvalue weighted by Crippen LogP contribution is -2.46. The summed E-state index contributed by atoms with van der Waals surface area (Å²) in [5.74, 6) is 0.120. The third-order valence-electron chi connectivity index (χ3n) is 4.57. The van der Waals surface area contributed by atoms with Gasteiger partial charge in [0, 0.05) is 36.8 Å². The highest BCUT2D eigenvalue weighted by Gasteiger charge is 2.34. The first-order valence-corrected chi connectivity index (χ1v) is 9.22. The van der Waals surface area contributed by atoms with Gasteiger partial charge in [0.2, 0.25) is 5.95 Å². The largest absolute Gasteiger partial charge is 0.433 e. The molecule has 2 heterocycles. The Kier molecular flexibility index (Phi) is 5.82. The predicted octanol–water partition coefficient (Wildman–Crippen LogP) is 4.36. The van der Waals surface area contributed by atoms with E-state index < -0.39 is 11.9 Å². The van der Waals surface area contributed by atoms with Crippen molar-refractivity contribution >= 4 is 21.9 Å². The van der Waals surface area contributed by atoms with Crippen LogP contribution in [0.3, 0.4) is 0 Å².